The fraction of sp³-hybridized carbons (Fsp3) is 0.440. The Morgan fingerprint density at radius 3 is 2.38 bits per heavy atom. The highest BCUT2D eigenvalue weighted by Crippen LogP contribution is 2.20. The lowest BCUT2D eigenvalue weighted by Gasteiger charge is -2.32. The van der Waals surface area contributed by atoms with Crippen molar-refractivity contribution in [3.63, 3.8) is 0 Å². The van der Waals surface area contributed by atoms with Crippen LogP contribution in [0.2, 0.25) is 5.02 Å². The second kappa shape index (κ2) is 12.3. The molecule has 1 aliphatic carbocycles. The summed E-state index contributed by atoms with van der Waals surface area (Å²) in [5.41, 5.74) is 0.912. The van der Waals surface area contributed by atoms with E-state index in [9.17, 15) is 9.59 Å². The number of nitrogens with one attached hydrogen (secondary N) is 1. The van der Waals surface area contributed by atoms with Crippen molar-refractivity contribution in [2.75, 3.05) is 6.61 Å². The second-order valence-electron chi connectivity index (χ2n) is 8.16. The third kappa shape index (κ3) is 7.24. The predicted octanol–water partition coefficient (Wildman–Crippen LogP) is 5.74. The van der Waals surface area contributed by atoms with E-state index in [1.165, 1.54) is 6.42 Å². The van der Waals surface area contributed by atoms with Gasteiger partial charge >= 0.3 is 0 Å². The molecule has 3 rings (SSSR count). The third-order valence-corrected chi connectivity index (χ3v) is 6.56. The van der Waals surface area contributed by atoms with Crippen molar-refractivity contribution in [3.8, 4) is 5.75 Å². The van der Waals surface area contributed by atoms with Crippen LogP contribution < -0.4 is 10.1 Å². The minimum Gasteiger partial charge on any atom is -0.484 e. The van der Waals surface area contributed by atoms with E-state index in [-0.39, 0.29) is 24.5 Å². The summed E-state index contributed by atoms with van der Waals surface area (Å²) < 4.78 is 6.66. The van der Waals surface area contributed by atoms with Crippen LogP contribution in [0.15, 0.2) is 53.0 Å². The Labute approximate surface area is 203 Å². The third-order valence-electron chi connectivity index (χ3n) is 5.78. The van der Waals surface area contributed by atoms with E-state index in [1.54, 1.807) is 29.2 Å². The maximum atomic E-state index is 13.2. The highest BCUT2D eigenvalue weighted by molar-refractivity contribution is 9.10. The fourth-order valence-electron chi connectivity index (χ4n) is 4.01. The van der Waals surface area contributed by atoms with Crippen LogP contribution in [0.5, 0.6) is 5.75 Å². The summed E-state index contributed by atoms with van der Waals surface area (Å²) >= 11 is 9.41. The molecule has 0 radical (unpaired) electrons. The lowest BCUT2D eigenvalue weighted by Crippen LogP contribution is -2.52. The Kier molecular flexibility index (Phi) is 9.42. The molecular weight excluding hydrogens is 492 g/mol. The molecule has 1 fully saturated rings. The average molecular weight is 522 g/mol. The summed E-state index contributed by atoms with van der Waals surface area (Å²) in [5, 5.41) is 3.81. The molecule has 1 N–H and O–H groups in total. The second-order valence-corrected chi connectivity index (χ2v) is 9.51. The SMILES string of the molecule is CCC(C(=O)NC1CCCCC1)N(Cc1ccc(Cl)cc1)C(=O)COc1ccc(Br)cc1. The van der Waals surface area contributed by atoms with Gasteiger partial charge in [0.15, 0.2) is 6.61 Å². The topological polar surface area (TPSA) is 58.6 Å². The van der Waals surface area contributed by atoms with Gasteiger partial charge in [-0.25, -0.2) is 0 Å². The summed E-state index contributed by atoms with van der Waals surface area (Å²) in [6.45, 7) is 2.11. The lowest BCUT2D eigenvalue weighted by atomic mass is 9.95. The van der Waals surface area contributed by atoms with Gasteiger partial charge in [-0.05, 0) is 61.2 Å². The molecule has 172 valence electrons. The number of ether oxygens (including phenoxy) is 1. The van der Waals surface area contributed by atoms with Crippen LogP contribution in [0, 0.1) is 0 Å². The van der Waals surface area contributed by atoms with Crippen molar-refractivity contribution >= 4 is 39.3 Å². The van der Waals surface area contributed by atoms with Crippen molar-refractivity contribution < 1.29 is 14.3 Å². The minimum atomic E-state index is -0.561. The number of rotatable bonds is 9. The average Bonchev–Trinajstić information content (AvgIpc) is 2.80. The molecule has 1 atom stereocenters. The van der Waals surface area contributed by atoms with Crippen LogP contribution in [0.25, 0.3) is 0 Å². The molecule has 0 saturated heterocycles. The number of carbonyl (C=O) groups excluding carboxylic acids is 2. The van der Waals surface area contributed by atoms with Gasteiger partial charge in [-0.1, -0.05) is 65.8 Å². The fourth-order valence-corrected chi connectivity index (χ4v) is 4.40. The van der Waals surface area contributed by atoms with Crippen molar-refractivity contribution in [1.82, 2.24) is 10.2 Å². The van der Waals surface area contributed by atoms with Gasteiger partial charge in [-0.3, -0.25) is 9.59 Å². The first-order chi connectivity index (χ1) is 15.5. The zero-order valence-corrected chi connectivity index (χ0v) is 20.7. The molecule has 1 unspecified atom stereocenters. The van der Waals surface area contributed by atoms with Crippen LogP contribution in [0.3, 0.4) is 0 Å². The van der Waals surface area contributed by atoms with Gasteiger partial charge in [-0.2, -0.15) is 0 Å². The zero-order chi connectivity index (χ0) is 22.9. The Bertz CT molecular complexity index is 883. The standard InChI is InChI=1S/C25H30BrClN2O3/c1-2-23(25(31)28-21-6-4-3-5-7-21)29(16-18-8-12-20(27)13-9-18)24(30)17-32-22-14-10-19(26)11-15-22/h8-15,21,23H,2-7,16-17H2,1H3,(H,28,31). The monoisotopic (exact) mass is 520 g/mol. The molecule has 5 nitrogen and oxygen atoms in total. The van der Waals surface area contributed by atoms with Crippen LogP contribution in [-0.2, 0) is 16.1 Å². The molecule has 1 saturated carbocycles. The summed E-state index contributed by atoms with van der Waals surface area (Å²) in [7, 11) is 0. The Hall–Kier alpha value is -2.05. The van der Waals surface area contributed by atoms with Gasteiger partial charge < -0.3 is 15.0 Å². The van der Waals surface area contributed by atoms with Gasteiger partial charge in [0, 0.05) is 22.1 Å². The van der Waals surface area contributed by atoms with E-state index in [2.05, 4.69) is 21.2 Å². The van der Waals surface area contributed by atoms with E-state index in [4.69, 9.17) is 16.3 Å². The number of hydrogen-bond donors (Lipinski definition) is 1. The largest absolute Gasteiger partial charge is 0.484 e. The van der Waals surface area contributed by atoms with Crippen LogP contribution in [0.4, 0.5) is 0 Å². The normalized spacial score (nSPS) is 15.1. The quantitative estimate of drug-likeness (QED) is 0.458. The molecular formula is C25H30BrClN2O3. The zero-order valence-electron chi connectivity index (χ0n) is 18.4. The van der Waals surface area contributed by atoms with Gasteiger partial charge in [-0.15, -0.1) is 0 Å². The number of carbonyl (C=O) groups is 2. The smallest absolute Gasteiger partial charge is 0.261 e. The van der Waals surface area contributed by atoms with Crippen molar-refractivity contribution in [1.29, 1.82) is 0 Å². The van der Waals surface area contributed by atoms with Crippen molar-refractivity contribution in [2.45, 2.75) is 64.1 Å². The number of benzene rings is 2. The highest BCUT2D eigenvalue weighted by atomic mass is 79.9. The van der Waals surface area contributed by atoms with Gasteiger partial charge in [0.25, 0.3) is 5.91 Å². The number of nitrogens with zero attached hydrogens (tertiary/aromatic N) is 1. The predicted molar refractivity (Wildman–Crippen MR) is 131 cm³/mol. The van der Waals surface area contributed by atoms with E-state index in [1.807, 2.05) is 31.2 Å². The summed E-state index contributed by atoms with van der Waals surface area (Å²) in [6, 6.07) is 14.3. The van der Waals surface area contributed by atoms with Crippen LogP contribution in [0.1, 0.15) is 51.0 Å². The van der Waals surface area contributed by atoms with E-state index in [0.717, 1.165) is 35.7 Å². The Morgan fingerprint density at radius 1 is 1.09 bits per heavy atom. The first kappa shape index (κ1) is 24.6. The molecule has 0 bridgehead atoms. The molecule has 7 heteroatoms. The molecule has 32 heavy (non-hydrogen) atoms. The summed E-state index contributed by atoms with van der Waals surface area (Å²) in [5.74, 6) is 0.284. The number of hydrogen-bond acceptors (Lipinski definition) is 3. The Morgan fingerprint density at radius 2 is 1.75 bits per heavy atom. The van der Waals surface area contributed by atoms with E-state index < -0.39 is 6.04 Å². The molecule has 0 aromatic heterocycles. The number of halogens is 2. The summed E-state index contributed by atoms with van der Waals surface area (Å²) in [4.78, 5) is 28.0. The molecule has 0 spiro atoms. The van der Waals surface area contributed by atoms with E-state index in [0.29, 0.717) is 23.7 Å². The molecule has 0 heterocycles. The van der Waals surface area contributed by atoms with Crippen LogP contribution >= 0.6 is 27.5 Å². The maximum Gasteiger partial charge on any atom is 0.261 e. The number of amides is 2. The van der Waals surface area contributed by atoms with Crippen molar-refractivity contribution in [3.05, 3.63) is 63.6 Å². The van der Waals surface area contributed by atoms with Crippen LogP contribution in [-0.4, -0.2) is 35.4 Å². The molecule has 0 aliphatic heterocycles. The first-order valence-electron chi connectivity index (χ1n) is 11.2. The maximum absolute atomic E-state index is 13.2. The molecule has 2 aromatic carbocycles. The van der Waals surface area contributed by atoms with Gasteiger partial charge in [0.2, 0.25) is 5.91 Å². The van der Waals surface area contributed by atoms with Gasteiger partial charge in [0.1, 0.15) is 11.8 Å². The molecule has 2 aromatic rings. The minimum absolute atomic E-state index is 0.0923. The van der Waals surface area contributed by atoms with Gasteiger partial charge in [0.05, 0.1) is 0 Å². The lowest BCUT2D eigenvalue weighted by molar-refractivity contribution is -0.143. The molecule has 1 aliphatic rings. The summed E-state index contributed by atoms with van der Waals surface area (Å²) in [6.07, 6.45) is 6.01. The van der Waals surface area contributed by atoms with E-state index >= 15 is 0 Å². The first-order valence-corrected chi connectivity index (χ1v) is 12.4. The molecule has 2 amide bonds. The highest BCUT2D eigenvalue weighted by Gasteiger charge is 2.30. The van der Waals surface area contributed by atoms with Crippen molar-refractivity contribution in [2.24, 2.45) is 0 Å². The Balaban J connectivity index is 1.73.